The second kappa shape index (κ2) is 7.76. The number of furan rings is 1. The normalized spacial score (nSPS) is 10.2. The predicted molar refractivity (Wildman–Crippen MR) is 99.1 cm³/mol. The van der Waals surface area contributed by atoms with Crippen LogP contribution in [0.4, 0.5) is 11.4 Å². The van der Waals surface area contributed by atoms with Crippen molar-refractivity contribution < 1.29 is 18.7 Å². The van der Waals surface area contributed by atoms with Gasteiger partial charge in [0.1, 0.15) is 5.75 Å². The summed E-state index contributed by atoms with van der Waals surface area (Å²) in [5, 5.41) is 5.87. The van der Waals surface area contributed by atoms with Crippen molar-refractivity contribution in [1.29, 1.82) is 0 Å². The average molecular weight is 371 g/mol. The van der Waals surface area contributed by atoms with E-state index in [0.717, 1.165) is 0 Å². The minimum atomic E-state index is -0.449. The van der Waals surface area contributed by atoms with Crippen molar-refractivity contribution in [3.63, 3.8) is 0 Å². The van der Waals surface area contributed by atoms with E-state index >= 15 is 0 Å². The van der Waals surface area contributed by atoms with Crippen LogP contribution >= 0.6 is 11.6 Å². The van der Waals surface area contributed by atoms with Crippen molar-refractivity contribution in [2.24, 2.45) is 0 Å². The molecular formula is C19H15ClN2O4. The van der Waals surface area contributed by atoms with E-state index in [9.17, 15) is 9.59 Å². The summed E-state index contributed by atoms with van der Waals surface area (Å²) in [6.45, 7) is 0. The molecule has 0 atom stereocenters. The summed E-state index contributed by atoms with van der Waals surface area (Å²) < 4.78 is 10.3. The maximum atomic E-state index is 12.7. The van der Waals surface area contributed by atoms with Gasteiger partial charge in [-0.1, -0.05) is 23.7 Å². The van der Waals surface area contributed by atoms with Crippen LogP contribution < -0.4 is 15.4 Å². The molecule has 0 aliphatic heterocycles. The fourth-order valence-corrected chi connectivity index (χ4v) is 2.52. The van der Waals surface area contributed by atoms with Crippen LogP contribution in [0.5, 0.6) is 5.75 Å². The van der Waals surface area contributed by atoms with E-state index in [1.807, 2.05) is 0 Å². The lowest BCUT2D eigenvalue weighted by Crippen LogP contribution is -2.18. The first-order valence-corrected chi connectivity index (χ1v) is 8.05. The third-order valence-corrected chi connectivity index (χ3v) is 3.81. The first-order chi connectivity index (χ1) is 12.6. The summed E-state index contributed by atoms with van der Waals surface area (Å²) in [7, 11) is 1.50. The number of halogens is 1. The lowest BCUT2D eigenvalue weighted by molar-refractivity contribution is 0.0996. The second-order valence-corrected chi connectivity index (χ2v) is 5.71. The van der Waals surface area contributed by atoms with Gasteiger partial charge >= 0.3 is 0 Å². The quantitative estimate of drug-likeness (QED) is 0.695. The van der Waals surface area contributed by atoms with Crippen LogP contribution in [0.3, 0.4) is 0 Å². The highest BCUT2D eigenvalue weighted by Crippen LogP contribution is 2.29. The van der Waals surface area contributed by atoms with Crippen molar-refractivity contribution in [2.45, 2.75) is 0 Å². The molecule has 7 heteroatoms. The van der Waals surface area contributed by atoms with Gasteiger partial charge in [-0.2, -0.15) is 0 Å². The summed E-state index contributed by atoms with van der Waals surface area (Å²) in [6.07, 6.45) is 1.40. The topological polar surface area (TPSA) is 80.6 Å². The fourth-order valence-electron chi connectivity index (χ4n) is 2.35. The zero-order valence-corrected chi connectivity index (χ0v) is 14.5. The van der Waals surface area contributed by atoms with E-state index in [1.165, 1.54) is 19.4 Å². The van der Waals surface area contributed by atoms with Gasteiger partial charge < -0.3 is 19.8 Å². The Kier molecular flexibility index (Phi) is 5.24. The Balaban J connectivity index is 1.84. The van der Waals surface area contributed by atoms with Gasteiger partial charge in [-0.15, -0.1) is 0 Å². The second-order valence-electron chi connectivity index (χ2n) is 5.28. The fraction of sp³-hybridized carbons (Fsp3) is 0.0526. The Morgan fingerprint density at radius 3 is 2.46 bits per heavy atom. The maximum Gasteiger partial charge on any atom is 0.291 e. The molecule has 0 unspecified atom stereocenters. The molecule has 26 heavy (non-hydrogen) atoms. The number of ether oxygens (including phenoxy) is 1. The molecule has 3 aromatic rings. The van der Waals surface area contributed by atoms with Crippen LogP contribution in [0, 0.1) is 0 Å². The molecule has 0 fully saturated rings. The molecule has 0 saturated heterocycles. The van der Waals surface area contributed by atoms with E-state index in [4.69, 9.17) is 20.8 Å². The van der Waals surface area contributed by atoms with Crippen molar-refractivity contribution in [2.75, 3.05) is 17.7 Å². The molecular weight excluding hydrogens is 356 g/mol. The number of amides is 2. The van der Waals surface area contributed by atoms with Crippen LogP contribution in [-0.2, 0) is 0 Å². The molecule has 2 N–H and O–H groups in total. The molecule has 132 valence electrons. The molecule has 1 aromatic heterocycles. The maximum absolute atomic E-state index is 12.7. The van der Waals surface area contributed by atoms with Crippen LogP contribution in [0.2, 0.25) is 5.02 Å². The van der Waals surface area contributed by atoms with E-state index < -0.39 is 11.8 Å². The van der Waals surface area contributed by atoms with Gasteiger partial charge in [0.2, 0.25) is 0 Å². The molecule has 6 nitrogen and oxygen atoms in total. The highest BCUT2D eigenvalue weighted by molar-refractivity contribution is 6.31. The van der Waals surface area contributed by atoms with Gasteiger partial charge in [0.05, 0.1) is 30.3 Å². The lowest BCUT2D eigenvalue weighted by Gasteiger charge is -2.13. The van der Waals surface area contributed by atoms with Gasteiger partial charge in [-0.05, 0) is 42.5 Å². The number of hydrogen-bond donors (Lipinski definition) is 2. The first-order valence-electron chi connectivity index (χ1n) is 7.67. The van der Waals surface area contributed by atoms with Gasteiger partial charge in [-0.3, -0.25) is 9.59 Å². The first kappa shape index (κ1) is 17.6. The molecule has 0 bridgehead atoms. The average Bonchev–Trinajstić information content (AvgIpc) is 3.17. The van der Waals surface area contributed by atoms with Gasteiger partial charge in [0, 0.05) is 5.02 Å². The number of para-hydroxylation sites is 1. The molecule has 0 spiro atoms. The highest BCUT2D eigenvalue weighted by atomic mass is 35.5. The molecule has 3 rings (SSSR count). The van der Waals surface area contributed by atoms with E-state index in [2.05, 4.69) is 10.6 Å². The summed E-state index contributed by atoms with van der Waals surface area (Å²) in [4.78, 5) is 24.9. The molecule has 0 radical (unpaired) electrons. The zero-order chi connectivity index (χ0) is 18.5. The van der Waals surface area contributed by atoms with Crippen molar-refractivity contribution in [3.8, 4) is 5.75 Å². The summed E-state index contributed by atoms with van der Waals surface area (Å²) >= 11 is 5.99. The Bertz CT molecular complexity index is 938. The van der Waals surface area contributed by atoms with Crippen molar-refractivity contribution in [3.05, 3.63) is 77.2 Å². The summed E-state index contributed by atoms with van der Waals surface area (Å²) in [5.41, 5.74) is 1.07. The van der Waals surface area contributed by atoms with E-state index in [-0.39, 0.29) is 11.3 Å². The van der Waals surface area contributed by atoms with Crippen LogP contribution in [0.25, 0.3) is 0 Å². The number of rotatable bonds is 5. The monoisotopic (exact) mass is 370 g/mol. The van der Waals surface area contributed by atoms with Crippen molar-refractivity contribution >= 4 is 34.8 Å². The Hall–Kier alpha value is -3.25. The van der Waals surface area contributed by atoms with Gasteiger partial charge in [-0.25, -0.2) is 0 Å². The molecule has 0 saturated carbocycles. The summed E-state index contributed by atoms with van der Waals surface area (Å²) in [5.74, 6) is -0.243. The molecule has 2 aromatic carbocycles. The summed E-state index contributed by atoms with van der Waals surface area (Å²) in [6, 6.07) is 14.7. The van der Waals surface area contributed by atoms with Crippen molar-refractivity contribution in [1.82, 2.24) is 0 Å². The highest BCUT2D eigenvalue weighted by Gasteiger charge is 2.17. The van der Waals surface area contributed by atoms with E-state index in [0.29, 0.717) is 22.1 Å². The Morgan fingerprint density at radius 1 is 0.962 bits per heavy atom. The number of carbonyl (C=O) groups excluding carboxylic acids is 2. The smallest absolute Gasteiger partial charge is 0.291 e. The number of methoxy groups -OCH3 is 1. The third-order valence-electron chi connectivity index (χ3n) is 3.57. The molecule has 2 amide bonds. The van der Waals surface area contributed by atoms with Crippen LogP contribution in [-0.4, -0.2) is 18.9 Å². The number of hydrogen-bond acceptors (Lipinski definition) is 4. The number of benzene rings is 2. The standard InChI is InChI=1S/C19H15ClN2O4/c1-25-16-9-8-12(20)11-15(16)22-18(23)13-5-2-3-6-14(13)21-19(24)17-7-4-10-26-17/h2-11H,1H3,(H,21,24)(H,22,23). The SMILES string of the molecule is COc1ccc(Cl)cc1NC(=O)c1ccccc1NC(=O)c1ccco1. The number of anilines is 2. The zero-order valence-electron chi connectivity index (χ0n) is 13.8. The minimum Gasteiger partial charge on any atom is -0.495 e. The Morgan fingerprint density at radius 2 is 1.73 bits per heavy atom. The van der Waals surface area contributed by atoms with Gasteiger partial charge in [0.15, 0.2) is 5.76 Å². The lowest BCUT2D eigenvalue weighted by atomic mass is 10.1. The van der Waals surface area contributed by atoms with E-state index in [1.54, 1.807) is 48.5 Å². The number of carbonyl (C=O) groups is 2. The van der Waals surface area contributed by atoms with Gasteiger partial charge in [0.25, 0.3) is 11.8 Å². The molecule has 0 aliphatic carbocycles. The Labute approximate surface area is 154 Å². The number of nitrogens with one attached hydrogen (secondary N) is 2. The van der Waals surface area contributed by atoms with Crippen LogP contribution in [0.15, 0.2) is 65.3 Å². The van der Waals surface area contributed by atoms with Crippen LogP contribution in [0.1, 0.15) is 20.9 Å². The third kappa shape index (κ3) is 3.87. The minimum absolute atomic E-state index is 0.150. The molecule has 1 heterocycles. The largest absolute Gasteiger partial charge is 0.495 e. The molecule has 0 aliphatic rings. The predicted octanol–water partition coefficient (Wildman–Crippen LogP) is 4.45.